The number of ether oxygens (including phenoxy) is 3. The number of hydrogen-bond donors (Lipinski definition) is 0. The zero-order valence-corrected chi connectivity index (χ0v) is 14.6. The fraction of sp³-hybridized carbons (Fsp3) is 0.350. The first-order chi connectivity index (χ1) is 12.2. The van der Waals surface area contributed by atoms with Crippen LogP contribution in [0, 0.1) is 0 Å². The lowest BCUT2D eigenvalue weighted by Crippen LogP contribution is -2.35. The molecule has 2 aromatic rings. The lowest BCUT2D eigenvalue weighted by molar-refractivity contribution is 0.0813. The van der Waals surface area contributed by atoms with Crippen LogP contribution in [0.25, 0.3) is 0 Å². The normalized spacial score (nSPS) is 13.4. The van der Waals surface area contributed by atoms with Crippen molar-refractivity contribution in [1.82, 2.24) is 4.90 Å². The topological polar surface area (TPSA) is 48.0 Å². The molecule has 0 N–H and O–H groups in total. The van der Waals surface area contributed by atoms with Gasteiger partial charge in [-0.15, -0.1) is 0 Å². The van der Waals surface area contributed by atoms with Gasteiger partial charge in [0, 0.05) is 6.54 Å². The number of rotatable bonds is 6. The molecule has 1 aliphatic heterocycles. The maximum atomic E-state index is 12.6. The summed E-state index contributed by atoms with van der Waals surface area (Å²) in [6.45, 7) is 5.10. The highest BCUT2D eigenvalue weighted by Gasteiger charge is 2.25. The largest absolute Gasteiger partial charge is 0.454 e. The fourth-order valence-corrected chi connectivity index (χ4v) is 3.04. The molecule has 0 saturated heterocycles. The van der Waals surface area contributed by atoms with Gasteiger partial charge in [0.05, 0.1) is 6.04 Å². The van der Waals surface area contributed by atoms with Gasteiger partial charge in [0.15, 0.2) is 11.5 Å². The number of hydrogen-bond acceptors (Lipinski definition) is 4. The van der Waals surface area contributed by atoms with E-state index in [-0.39, 0.29) is 25.5 Å². The third-order valence-corrected chi connectivity index (χ3v) is 4.32. The van der Waals surface area contributed by atoms with E-state index in [4.69, 9.17) is 14.2 Å². The Morgan fingerprint density at radius 2 is 1.88 bits per heavy atom. The second-order valence-electron chi connectivity index (χ2n) is 5.86. The Kier molecular flexibility index (Phi) is 5.43. The Balaban J connectivity index is 1.72. The second-order valence-corrected chi connectivity index (χ2v) is 5.86. The van der Waals surface area contributed by atoms with Crippen LogP contribution in [0.4, 0.5) is 4.79 Å². The van der Waals surface area contributed by atoms with Crippen LogP contribution < -0.4 is 9.47 Å². The second kappa shape index (κ2) is 7.92. The van der Waals surface area contributed by atoms with Crippen molar-refractivity contribution in [3.8, 4) is 11.5 Å². The molecule has 25 heavy (non-hydrogen) atoms. The molecule has 3 rings (SSSR count). The zero-order chi connectivity index (χ0) is 17.6. The summed E-state index contributed by atoms with van der Waals surface area (Å²) in [6.07, 6.45) is 0.476. The summed E-state index contributed by atoms with van der Waals surface area (Å²) in [5.74, 6) is 1.47. The van der Waals surface area contributed by atoms with E-state index in [9.17, 15) is 4.79 Å². The number of fused-ring (bicyclic) bond motifs is 1. The molecular formula is C20H23NO4. The van der Waals surface area contributed by atoms with Gasteiger partial charge in [-0.25, -0.2) is 4.79 Å². The van der Waals surface area contributed by atoms with Gasteiger partial charge in [0.2, 0.25) is 6.79 Å². The van der Waals surface area contributed by atoms with Crippen LogP contribution in [0.3, 0.4) is 0 Å². The molecule has 132 valence electrons. The predicted molar refractivity (Wildman–Crippen MR) is 94.6 cm³/mol. The Hall–Kier alpha value is -2.69. The van der Waals surface area contributed by atoms with Crippen LogP contribution in [0.15, 0.2) is 48.5 Å². The molecule has 0 bridgehead atoms. The van der Waals surface area contributed by atoms with Gasteiger partial charge < -0.3 is 19.1 Å². The van der Waals surface area contributed by atoms with E-state index in [1.807, 2.05) is 55.5 Å². The van der Waals surface area contributed by atoms with Crippen molar-refractivity contribution in [2.75, 3.05) is 13.3 Å². The summed E-state index contributed by atoms with van der Waals surface area (Å²) >= 11 is 0. The van der Waals surface area contributed by atoms with Crippen molar-refractivity contribution in [1.29, 1.82) is 0 Å². The molecule has 0 fully saturated rings. The number of amides is 1. The van der Waals surface area contributed by atoms with Crippen LogP contribution >= 0.6 is 0 Å². The SMILES string of the molecule is CCC(c1ccc2c(c1)OCO2)N(CC)C(=O)OCc1ccccc1. The highest BCUT2D eigenvalue weighted by atomic mass is 16.7. The van der Waals surface area contributed by atoms with Crippen LogP contribution in [-0.2, 0) is 11.3 Å². The standard InChI is InChI=1S/C20H23NO4/c1-3-17(16-10-11-18-19(12-16)25-14-24-18)21(4-2)20(22)23-13-15-8-6-5-7-9-15/h5-12,17H,3-4,13-14H2,1-2H3. The molecular weight excluding hydrogens is 318 g/mol. The van der Waals surface area contributed by atoms with Crippen molar-refractivity contribution >= 4 is 6.09 Å². The average Bonchev–Trinajstić information content (AvgIpc) is 3.12. The van der Waals surface area contributed by atoms with Gasteiger partial charge in [-0.1, -0.05) is 43.3 Å². The van der Waals surface area contributed by atoms with E-state index in [2.05, 4.69) is 6.92 Å². The minimum Gasteiger partial charge on any atom is -0.454 e. The monoisotopic (exact) mass is 341 g/mol. The fourth-order valence-electron chi connectivity index (χ4n) is 3.04. The molecule has 0 radical (unpaired) electrons. The van der Waals surface area contributed by atoms with E-state index in [0.717, 1.165) is 29.0 Å². The molecule has 1 unspecified atom stereocenters. The average molecular weight is 341 g/mol. The van der Waals surface area contributed by atoms with Crippen LogP contribution in [0.1, 0.15) is 37.4 Å². The van der Waals surface area contributed by atoms with Gasteiger partial charge in [-0.05, 0) is 36.6 Å². The van der Waals surface area contributed by atoms with Crippen molar-refractivity contribution < 1.29 is 19.0 Å². The van der Waals surface area contributed by atoms with Crippen LogP contribution in [-0.4, -0.2) is 24.3 Å². The van der Waals surface area contributed by atoms with Crippen LogP contribution in [0.2, 0.25) is 0 Å². The Morgan fingerprint density at radius 1 is 1.12 bits per heavy atom. The molecule has 0 aliphatic carbocycles. The summed E-state index contributed by atoms with van der Waals surface area (Å²) in [5.41, 5.74) is 1.99. The van der Waals surface area contributed by atoms with Crippen molar-refractivity contribution in [2.24, 2.45) is 0 Å². The lowest BCUT2D eigenvalue weighted by Gasteiger charge is -2.29. The number of carbonyl (C=O) groups is 1. The third kappa shape index (κ3) is 3.87. The number of benzene rings is 2. The summed E-state index contributed by atoms with van der Waals surface area (Å²) in [4.78, 5) is 14.4. The molecule has 5 heteroatoms. The van der Waals surface area contributed by atoms with Gasteiger partial charge in [-0.2, -0.15) is 0 Å². The highest BCUT2D eigenvalue weighted by Crippen LogP contribution is 2.36. The first-order valence-electron chi connectivity index (χ1n) is 8.59. The number of nitrogens with zero attached hydrogens (tertiary/aromatic N) is 1. The first-order valence-corrected chi connectivity index (χ1v) is 8.59. The summed E-state index contributed by atoms with van der Waals surface area (Å²) in [6, 6.07) is 15.4. The summed E-state index contributed by atoms with van der Waals surface area (Å²) < 4.78 is 16.3. The molecule has 1 aliphatic rings. The van der Waals surface area contributed by atoms with Crippen LogP contribution in [0.5, 0.6) is 11.5 Å². The molecule has 0 aromatic heterocycles. The van der Waals surface area contributed by atoms with Crippen molar-refractivity contribution in [3.63, 3.8) is 0 Å². The van der Waals surface area contributed by atoms with E-state index < -0.39 is 0 Å². The highest BCUT2D eigenvalue weighted by molar-refractivity contribution is 5.68. The molecule has 2 aromatic carbocycles. The van der Waals surface area contributed by atoms with E-state index >= 15 is 0 Å². The van der Waals surface area contributed by atoms with Gasteiger partial charge in [0.1, 0.15) is 6.61 Å². The maximum absolute atomic E-state index is 12.6. The molecule has 1 amide bonds. The van der Waals surface area contributed by atoms with E-state index in [0.29, 0.717) is 6.54 Å². The third-order valence-electron chi connectivity index (χ3n) is 4.32. The van der Waals surface area contributed by atoms with E-state index in [1.165, 1.54) is 0 Å². The summed E-state index contributed by atoms with van der Waals surface area (Å²) in [7, 11) is 0. The lowest BCUT2D eigenvalue weighted by atomic mass is 10.0. The molecule has 0 saturated carbocycles. The van der Waals surface area contributed by atoms with Crippen molar-refractivity contribution in [3.05, 3.63) is 59.7 Å². The Labute approximate surface area is 148 Å². The molecule has 5 nitrogen and oxygen atoms in total. The number of carbonyl (C=O) groups excluding carboxylic acids is 1. The predicted octanol–water partition coefficient (Wildman–Crippen LogP) is 4.53. The maximum Gasteiger partial charge on any atom is 0.410 e. The van der Waals surface area contributed by atoms with Gasteiger partial charge >= 0.3 is 6.09 Å². The Bertz CT molecular complexity index is 717. The molecule has 1 atom stereocenters. The minimum atomic E-state index is -0.309. The van der Waals surface area contributed by atoms with Gasteiger partial charge in [-0.3, -0.25) is 0 Å². The zero-order valence-electron chi connectivity index (χ0n) is 14.6. The smallest absolute Gasteiger partial charge is 0.410 e. The van der Waals surface area contributed by atoms with Gasteiger partial charge in [0.25, 0.3) is 0 Å². The quantitative estimate of drug-likeness (QED) is 0.775. The minimum absolute atomic E-state index is 0.0669. The van der Waals surface area contributed by atoms with Crippen molar-refractivity contribution in [2.45, 2.75) is 32.9 Å². The Morgan fingerprint density at radius 3 is 2.60 bits per heavy atom. The molecule has 0 spiro atoms. The molecule has 1 heterocycles. The summed E-state index contributed by atoms with van der Waals surface area (Å²) in [5, 5.41) is 0. The van der Waals surface area contributed by atoms with E-state index in [1.54, 1.807) is 4.90 Å². The first kappa shape index (κ1) is 17.1.